The molecule has 0 aliphatic heterocycles. The minimum absolute atomic E-state index is 0.649. The summed E-state index contributed by atoms with van der Waals surface area (Å²) >= 11 is 0. The fourth-order valence-electron chi connectivity index (χ4n) is 0.979. The first kappa shape index (κ1) is 8.29. The zero-order valence-electron chi connectivity index (χ0n) is 6.75. The van der Waals surface area contributed by atoms with Gasteiger partial charge >= 0.3 is 0 Å². The number of benzene rings is 1. The summed E-state index contributed by atoms with van der Waals surface area (Å²) in [6, 6.07) is 7.61. The second-order valence-corrected chi connectivity index (χ2v) is 2.37. The highest BCUT2D eigenvalue weighted by Crippen LogP contribution is 2.12. The van der Waals surface area contributed by atoms with Crippen molar-refractivity contribution in [3.63, 3.8) is 0 Å². The summed E-state index contributed by atoms with van der Waals surface area (Å²) < 4.78 is 0. The number of nitriles is 1. The van der Waals surface area contributed by atoms with E-state index in [4.69, 9.17) is 5.26 Å². The van der Waals surface area contributed by atoms with Crippen molar-refractivity contribution < 1.29 is 0 Å². The Bertz CT molecular complexity index is 356. The van der Waals surface area contributed by atoms with Crippen molar-refractivity contribution in [3.05, 3.63) is 48.0 Å². The van der Waals surface area contributed by atoms with E-state index in [0.29, 0.717) is 5.56 Å². The van der Waals surface area contributed by atoms with Crippen LogP contribution in [-0.4, -0.2) is 0 Å². The first-order valence-corrected chi connectivity index (χ1v) is 3.61. The SMILES string of the molecule is C=Cc1ccc(C#N)c(C=C)c1. The zero-order valence-corrected chi connectivity index (χ0v) is 6.75. The van der Waals surface area contributed by atoms with E-state index in [1.54, 1.807) is 18.2 Å². The molecule has 58 valence electrons. The molecule has 1 heteroatoms. The Hall–Kier alpha value is -1.81. The summed E-state index contributed by atoms with van der Waals surface area (Å²) in [6.45, 7) is 7.27. The van der Waals surface area contributed by atoms with Crippen molar-refractivity contribution in [1.29, 1.82) is 5.26 Å². The Morgan fingerprint density at radius 3 is 2.50 bits per heavy atom. The van der Waals surface area contributed by atoms with Gasteiger partial charge in [0.2, 0.25) is 0 Å². The minimum atomic E-state index is 0.649. The van der Waals surface area contributed by atoms with Gasteiger partial charge in [-0.2, -0.15) is 5.26 Å². The van der Waals surface area contributed by atoms with Crippen LogP contribution in [0.5, 0.6) is 0 Å². The standard InChI is InChI=1S/C11H9N/c1-3-9-5-6-11(8-12)10(4-2)7-9/h3-7H,1-2H2. The third-order valence-corrected chi connectivity index (χ3v) is 1.65. The lowest BCUT2D eigenvalue weighted by Crippen LogP contribution is -1.82. The van der Waals surface area contributed by atoms with Crippen molar-refractivity contribution >= 4 is 12.2 Å². The molecule has 12 heavy (non-hydrogen) atoms. The van der Waals surface area contributed by atoms with E-state index in [9.17, 15) is 0 Å². The number of hydrogen-bond acceptors (Lipinski definition) is 1. The lowest BCUT2D eigenvalue weighted by molar-refractivity contribution is 1.47. The molecule has 0 aromatic heterocycles. The van der Waals surface area contributed by atoms with Crippen molar-refractivity contribution in [3.8, 4) is 6.07 Å². The van der Waals surface area contributed by atoms with E-state index in [-0.39, 0.29) is 0 Å². The highest BCUT2D eigenvalue weighted by molar-refractivity contribution is 5.62. The van der Waals surface area contributed by atoms with E-state index < -0.39 is 0 Å². The largest absolute Gasteiger partial charge is 0.192 e. The van der Waals surface area contributed by atoms with Gasteiger partial charge in [-0.15, -0.1) is 0 Å². The maximum atomic E-state index is 8.69. The molecule has 1 rings (SSSR count). The van der Waals surface area contributed by atoms with Crippen LogP contribution in [-0.2, 0) is 0 Å². The average Bonchev–Trinajstić information content (AvgIpc) is 2.16. The van der Waals surface area contributed by atoms with E-state index in [1.165, 1.54) is 0 Å². The van der Waals surface area contributed by atoms with Gasteiger partial charge in [0, 0.05) is 0 Å². The number of nitrogens with zero attached hydrogens (tertiary/aromatic N) is 1. The molecule has 0 N–H and O–H groups in total. The number of rotatable bonds is 2. The first-order valence-electron chi connectivity index (χ1n) is 3.61. The molecule has 1 aromatic rings. The summed E-state index contributed by atoms with van der Waals surface area (Å²) in [5.74, 6) is 0. The predicted molar refractivity (Wildman–Crippen MR) is 51.3 cm³/mol. The van der Waals surface area contributed by atoms with Gasteiger partial charge in [-0.3, -0.25) is 0 Å². The molecule has 0 aliphatic rings. The van der Waals surface area contributed by atoms with Crippen molar-refractivity contribution in [2.24, 2.45) is 0 Å². The molecule has 0 saturated heterocycles. The number of hydrogen-bond donors (Lipinski definition) is 0. The van der Waals surface area contributed by atoms with Gasteiger partial charge in [-0.1, -0.05) is 31.4 Å². The molecule has 0 unspecified atom stereocenters. The summed E-state index contributed by atoms with van der Waals surface area (Å²) in [7, 11) is 0. The highest BCUT2D eigenvalue weighted by Gasteiger charge is 1.97. The molecular weight excluding hydrogens is 146 g/mol. The molecule has 0 amide bonds. The Labute approximate surface area is 72.3 Å². The van der Waals surface area contributed by atoms with Crippen molar-refractivity contribution in [2.75, 3.05) is 0 Å². The van der Waals surface area contributed by atoms with Crippen LogP contribution < -0.4 is 0 Å². The normalized spacial score (nSPS) is 8.58. The molecule has 0 heterocycles. The van der Waals surface area contributed by atoms with Crippen LogP contribution in [0.1, 0.15) is 16.7 Å². The Balaban J connectivity index is 3.30. The second-order valence-electron chi connectivity index (χ2n) is 2.37. The Morgan fingerprint density at radius 1 is 1.25 bits per heavy atom. The minimum Gasteiger partial charge on any atom is -0.192 e. The Morgan fingerprint density at radius 2 is 2.00 bits per heavy atom. The van der Waals surface area contributed by atoms with Crippen molar-refractivity contribution in [1.82, 2.24) is 0 Å². The van der Waals surface area contributed by atoms with Crippen LogP contribution >= 0.6 is 0 Å². The monoisotopic (exact) mass is 155 g/mol. The van der Waals surface area contributed by atoms with E-state index in [1.807, 2.05) is 12.1 Å². The van der Waals surface area contributed by atoms with E-state index in [2.05, 4.69) is 19.2 Å². The van der Waals surface area contributed by atoms with Gasteiger partial charge in [0.25, 0.3) is 0 Å². The zero-order chi connectivity index (χ0) is 8.97. The predicted octanol–water partition coefficient (Wildman–Crippen LogP) is 2.84. The summed E-state index contributed by atoms with van der Waals surface area (Å²) in [5, 5.41) is 8.69. The van der Waals surface area contributed by atoms with E-state index >= 15 is 0 Å². The highest BCUT2D eigenvalue weighted by atomic mass is 14.2. The van der Waals surface area contributed by atoms with Gasteiger partial charge in [0.1, 0.15) is 0 Å². The van der Waals surface area contributed by atoms with Crippen LogP contribution in [0.15, 0.2) is 31.4 Å². The van der Waals surface area contributed by atoms with Crippen LogP contribution in [0.3, 0.4) is 0 Å². The lowest BCUT2D eigenvalue weighted by Gasteiger charge is -1.98. The molecule has 0 saturated carbocycles. The van der Waals surface area contributed by atoms with Crippen molar-refractivity contribution in [2.45, 2.75) is 0 Å². The fraction of sp³-hybridized carbons (Fsp3) is 0. The molecular formula is C11H9N. The quantitative estimate of drug-likeness (QED) is 0.644. The molecule has 1 aromatic carbocycles. The van der Waals surface area contributed by atoms with Crippen LogP contribution in [0.4, 0.5) is 0 Å². The first-order chi connectivity index (χ1) is 5.81. The summed E-state index contributed by atoms with van der Waals surface area (Å²) in [4.78, 5) is 0. The molecule has 0 aliphatic carbocycles. The third kappa shape index (κ3) is 1.43. The van der Waals surface area contributed by atoms with Crippen LogP contribution in [0.2, 0.25) is 0 Å². The van der Waals surface area contributed by atoms with Gasteiger partial charge in [0.15, 0.2) is 0 Å². The maximum Gasteiger partial charge on any atom is 0.0997 e. The van der Waals surface area contributed by atoms with Gasteiger partial charge in [-0.05, 0) is 23.3 Å². The smallest absolute Gasteiger partial charge is 0.0997 e. The van der Waals surface area contributed by atoms with Gasteiger partial charge < -0.3 is 0 Å². The molecule has 0 fully saturated rings. The van der Waals surface area contributed by atoms with Crippen LogP contribution in [0.25, 0.3) is 12.2 Å². The topological polar surface area (TPSA) is 23.8 Å². The van der Waals surface area contributed by atoms with Gasteiger partial charge in [0.05, 0.1) is 11.6 Å². The fourth-order valence-corrected chi connectivity index (χ4v) is 0.979. The Kier molecular flexibility index (Phi) is 2.45. The maximum absolute atomic E-state index is 8.69. The molecule has 0 radical (unpaired) electrons. The van der Waals surface area contributed by atoms with Gasteiger partial charge in [-0.25, -0.2) is 0 Å². The van der Waals surface area contributed by atoms with Crippen LogP contribution in [0, 0.1) is 11.3 Å². The molecule has 0 bridgehead atoms. The summed E-state index contributed by atoms with van der Waals surface area (Å²) in [6.07, 6.45) is 3.42. The summed E-state index contributed by atoms with van der Waals surface area (Å²) in [5.41, 5.74) is 2.51. The molecule has 1 nitrogen and oxygen atoms in total. The molecule has 0 spiro atoms. The average molecular weight is 155 g/mol. The van der Waals surface area contributed by atoms with E-state index in [0.717, 1.165) is 11.1 Å². The third-order valence-electron chi connectivity index (χ3n) is 1.65. The second kappa shape index (κ2) is 3.54. The molecule has 0 atom stereocenters. The lowest BCUT2D eigenvalue weighted by atomic mass is 10.1.